The molecule has 0 saturated carbocycles. The predicted molar refractivity (Wildman–Crippen MR) is 64.7 cm³/mol. The van der Waals surface area contributed by atoms with E-state index in [1.165, 1.54) is 29.8 Å². The van der Waals surface area contributed by atoms with Crippen LogP contribution in [0.3, 0.4) is 0 Å². The molecule has 0 saturated heterocycles. The number of hydrogen-bond donors (Lipinski definition) is 0. The Morgan fingerprint density at radius 3 is 2.64 bits per heavy atom. The number of rotatable bonds is 0. The lowest BCUT2D eigenvalue weighted by Crippen LogP contribution is -2.12. The molecule has 2 rings (SSSR count). The summed E-state index contributed by atoms with van der Waals surface area (Å²) < 4.78 is 0. The van der Waals surface area contributed by atoms with Gasteiger partial charge >= 0.3 is 0 Å². The highest BCUT2D eigenvalue weighted by Gasteiger charge is 2.14. The molecule has 78 valence electrons. The van der Waals surface area contributed by atoms with Crippen LogP contribution in [0.1, 0.15) is 11.1 Å². The van der Waals surface area contributed by atoms with Crippen molar-refractivity contribution in [3.63, 3.8) is 0 Å². The number of anilines is 1. The van der Waals surface area contributed by atoms with Gasteiger partial charge in [-0.05, 0) is 25.0 Å². The molecule has 0 atom stereocenters. The summed E-state index contributed by atoms with van der Waals surface area (Å²) in [6, 6.07) is 6.69. The summed E-state index contributed by atoms with van der Waals surface area (Å²) >= 11 is 9.53. The first-order valence-corrected chi connectivity index (χ1v) is 5.68. The minimum Gasteiger partial charge on any atom is -0.374 e. The molecule has 0 unspecified atom stereocenters. The van der Waals surface area contributed by atoms with Crippen LogP contribution >= 0.6 is 23.2 Å². The van der Waals surface area contributed by atoms with Crippen molar-refractivity contribution in [2.24, 2.45) is 0 Å². The Kier molecular flexibility index (Phi) is 4.56. The van der Waals surface area contributed by atoms with Gasteiger partial charge in [-0.25, -0.2) is 0 Å². The van der Waals surface area contributed by atoms with Crippen molar-refractivity contribution in [2.75, 3.05) is 23.8 Å². The van der Waals surface area contributed by atoms with Gasteiger partial charge in [0.25, 0.3) is 0 Å². The molecule has 0 N–H and O–H groups in total. The maximum Gasteiger partial charge on any atom is 0.0967 e. The zero-order valence-corrected chi connectivity index (χ0v) is 10.1. The molecule has 0 amide bonds. The fourth-order valence-electron chi connectivity index (χ4n) is 1.70. The Labute approximate surface area is 95.6 Å². The second kappa shape index (κ2) is 5.47. The summed E-state index contributed by atoms with van der Waals surface area (Å²) in [6.45, 7) is 3.33. The average Bonchev–Trinajstić information content (AvgIpc) is 2.49. The summed E-state index contributed by atoms with van der Waals surface area (Å²) in [6.07, 6.45) is 1.22. The summed E-state index contributed by atoms with van der Waals surface area (Å²) in [5.41, 5.74) is 4.29. The van der Waals surface area contributed by atoms with Gasteiger partial charge < -0.3 is 4.90 Å². The number of halogens is 2. The van der Waals surface area contributed by atoms with E-state index in [-0.39, 0.29) is 5.34 Å². The number of likely N-dealkylation sites (N-methyl/N-ethyl adjacent to an activating group) is 1. The third kappa shape index (κ3) is 2.79. The Morgan fingerprint density at radius 2 is 2.00 bits per heavy atom. The van der Waals surface area contributed by atoms with Gasteiger partial charge in [0, 0.05) is 19.3 Å². The molecule has 1 aliphatic rings. The predicted octanol–water partition coefficient (Wildman–Crippen LogP) is 3.41. The molecular weight excluding hydrogens is 217 g/mol. The van der Waals surface area contributed by atoms with E-state index in [9.17, 15) is 0 Å². The van der Waals surface area contributed by atoms with Gasteiger partial charge in [-0.1, -0.05) is 17.7 Å². The van der Waals surface area contributed by atoms with Crippen molar-refractivity contribution in [1.82, 2.24) is 0 Å². The summed E-state index contributed by atoms with van der Waals surface area (Å²) in [5, 5.41) is 0.194. The monoisotopic (exact) mass is 231 g/mol. The van der Waals surface area contributed by atoms with Gasteiger partial charge in [-0.3, -0.25) is 0 Å². The van der Waals surface area contributed by atoms with E-state index < -0.39 is 0 Å². The largest absolute Gasteiger partial charge is 0.374 e. The maximum absolute atomic E-state index is 4.76. The molecule has 0 bridgehead atoms. The minimum absolute atomic E-state index is 0.194. The molecule has 14 heavy (non-hydrogen) atoms. The van der Waals surface area contributed by atoms with Gasteiger partial charge in [-0.15, -0.1) is 23.2 Å². The van der Waals surface area contributed by atoms with Crippen molar-refractivity contribution in [1.29, 1.82) is 0 Å². The zero-order chi connectivity index (χ0) is 10.6. The van der Waals surface area contributed by atoms with E-state index >= 15 is 0 Å². The third-order valence-electron chi connectivity index (χ3n) is 2.36. The Bertz CT molecular complexity index is 299. The second-order valence-electron chi connectivity index (χ2n) is 3.40. The van der Waals surface area contributed by atoms with Gasteiger partial charge in [-0.2, -0.15) is 0 Å². The number of alkyl halides is 2. The van der Waals surface area contributed by atoms with Crippen LogP contribution in [0.4, 0.5) is 5.69 Å². The lowest BCUT2D eigenvalue weighted by atomic mass is 10.1. The van der Waals surface area contributed by atoms with Gasteiger partial charge in [0.05, 0.1) is 5.34 Å². The lowest BCUT2D eigenvalue weighted by molar-refractivity contribution is 0.956. The van der Waals surface area contributed by atoms with Gasteiger partial charge in [0.2, 0.25) is 0 Å². The highest BCUT2D eigenvalue weighted by atomic mass is 35.5. The summed E-state index contributed by atoms with van der Waals surface area (Å²) in [5.74, 6) is 0. The Hall–Kier alpha value is -0.400. The molecule has 1 aromatic rings. The molecule has 1 nitrogen and oxygen atoms in total. The normalized spacial score (nSPS) is 13.3. The molecule has 0 spiro atoms. The Morgan fingerprint density at radius 1 is 1.36 bits per heavy atom. The van der Waals surface area contributed by atoms with E-state index in [0.717, 1.165) is 0 Å². The number of aryl methyl sites for hydroxylation is 1. The zero-order valence-electron chi connectivity index (χ0n) is 8.56. The Balaban J connectivity index is 0.000000293. The fourth-order valence-corrected chi connectivity index (χ4v) is 1.70. The van der Waals surface area contributed by atoms with Crippen molar-refractivity contribution < 1.29 is 0 Å². The first kappa shape index (κ1) is 11.7. The van der Waals surface area contributed by atoms with Crippen molar-refractivity contribution in [3.8, 4) is 0 Å². The average molecular weight is 232 g/mol. The first-order valence-electron chi connectivity index (χ1n) is 4.61. The van der Waals surface area contributed by atoms with Crippen molar-refractivity contribution >= 4 is 28.9 Å². The van der Waals surface area contributed by atoms with Crippen LogP contribution in [0, 0.1) is 6.92 Å². The fraction of sp³-hybridized carbons (Fsp3) is 0.455. The molecule has 1 heterocycles. The summed E-state index contributed by atoms with van der Waals surface area (Å²) in [4.78, 5) is 2.31. The molecule has 0 aromatic heterocycles. The van der Waals surface area contributed by atoms with Gasteiger partial charge in [0.1, 0.15) is 0 Å². The van der Waals surface area contributed by atoms with E-state index in [0.29, 0.717) is 0 Å². The highest BCUT2D eigenvalue weighted by Crippen LogP contribution is 2.26. The van der Waals surface area contributed by atoms with Crippen LogP contribution in [0.5, 0.6) is 0 Å². The number of benzene rings is 1. The topological polar surface area (TPSA) is 3.24 Å². The smallest absolute Gasteiger partial charge is 0.0967 e. The van der Waals surface area contributed by atoms with E-state index in [4.69, 9.17) is 23.2 Å². The first-order chi connectivity index (χ1) is 6.69. The standard InChI is InChI=1S/C10H13N.CH2Cl2/c1-8-3-4-10-9(7-8)5-6-11(10)2;2-1-3/h3-4,7H,5-6H2,1-2H3;1H2. The number of nitrogens with zero attached hydrogens (tertiary/aromatic N) is 1. The third-order valence-corrected chi connectivity index (χ3v) is 2.36. The van der Waals surface area contributed by atoms with Crippen molar-refractivity contribution in [2.45, 2.75) is 13.3 Å². The molecule has 0 aliphatic carbocycles. The van der Waals surface area contributed by atoms with E-state index in [1.54, 1.807) is 0 Å². The quantitative estimate of drug-likeness (QED) is 0.619. The molecule has 0 radical (unpaired) electrons. The molecular formula is C11H15Cl2N. The maximum atomic E-state index is 4.76. The van der Waals surface area contributed by atoms with Crippen LogP contribution in [-0.2, 0) is 6.42 Å². The van der Waals surface area contributed by atoms with Crippen LogP contribution in [0.15, 0.2) is 18.2 Å². The van der Waals surface area contributed by atoms with Crippen LogP contribution in [0.2, 0.25) is 0 Å². The van der Waals surface area contributed by atoms with Crippen molar-refractivity contribution in [3.05, 3.63) is 29.3 Å². The highest BCUT2D eigenvalue weighted by molar-refractivity contribution is 6.40. The SMILES string of the molecule is Cc1ccc2c(c1)CCN2C.ClCCl. The molecule has 1 aliphatic heterocycles. The van der Waals surface area contributed by atoms with E-state index in [1.807, 2.05) is 0 Å². The molecule has 3 heteroatoms. The van der Waals surface area contributed by atoms with E-state index in [2.05, 4.69) is 37.1 Å². The van der Waals surface area contributed by atoms with Crippen LogP contribution < -0.4 is 4.90 Å². The lowest BCUT2D eigenvalue weighted by Gasteiger charge is -2.11. The van der Waals surface area contributed by atoms with Crippen LogP contribution in [-0.4, -0.2) is 18.9 Å². The summed E-state index contributed by atoms with van der Waals surface area (Å²) in [7, 11) is 2.15. The van der Waals surface area contributed by atoms with Crippen LogP contribution in [0.25, 0.3) is 0 Å². The second-order valence-corrected chi connectivity index (χ2v) is 4.21. The number of fused-ring (bicyclic) bond motifs is 1. The minimum atomic E-state index is 0.194. The molecule has 1 aromatic carbocycles. The van der Waals surface area contributed by atoms with Gasteiger partial charge in [0.15, 0.2) is 0 Å². The molecule has 0 fully saturated rings. The number of hydrogen-bond acceptors (Lipinski definition) is 1.